The van der Waals surface area contributed by atoms with Crippen molar-refractivity contribution < 1.29 is 12.9 Å². The molecule has 1 heterocycles. The summed E-state index contributed by atoms with van der Waals surface area (Å²) < 4.78 is 31.6. The van der Waals surface area contributed by atoms with Crippen LogP contribution in [-0.2, 0) is 16.4 Å². The number of hydrogen-bond acceptors (Lipinski definition) is 5. The number of nitrogens with zero attached hydrogens (tertiary/aromatic N) is 2. The summed E-state index contributed by atoms with van der Waals surface area (Å²) in [5.41, 5.74) is 0.776. The summed E-state index contributed by atoms with van der Waals surface area (Å²) in [6.45, 7) is 3.60. The van der Waals surface area contributed by atoms with Crippen molar-refractivity contribution in [1.82, 2.24) is 14.9 Å². The van der Waals surface area contributed by atoms with Crippen molar-refractivity contribution in [1.29, 1.82) is 0 Å². The normalized spacial score (nSPS) is 13.2. The minimum atomic E-state index is -3.39. The van der Waals surface area contributed by atoms with E-state index in [0.717, 1.165) is 12.0 Å². The van der Waals surface area contributed by atoms with Crippen LogP contribution in [0.2, 0.25) is 0 Å². The van der Waals surface area contributed by atoms with Crippen molar-refractivity contribution in [2.45, 2.75) is 32.7 Å². The zero-order valence-corrected chi connectivity index (χ0v) is 12.9. The predicted octanol–water partition coefficient (Wildman–Crippen LogP) is 2.05. The number of rotatable bonds is 7. The van der Waals surface area contributed by atoms with Gasteiger partial charge in [0, 0.05) is 6.42 Å². The molecular weight excluding hydrogens is 290 g/mol. The monoisotopic (exact) mass is 309 g/mol. The molecule has 0 saturated heterocycles. The van der Waals surface area contributed by atoms with Gasteiger partial charge in [-0.1, -0.05) is 42.4 Å². The molecule has 0 bridgehead atoms. The van der Waals surface area contributed by atoms with Crippen LogP contribution < -0.4 is 4.72 Å². The Labute approximate surface area is 124 Å². The van der Waals surface area contributed by atoms with Crippen LogP contribution in [0, 0.1) is 0 Å². The third-order valence-electron chi connectivity index (χ3n) is 3.02. The van der Waals surface area contributed by atoms with Crippen LogP contribution >= 0.6 is 0 Å². The molecule has 0 aliphatic heterocycles. The molecule has 0 unspecified atom stereocenters. The molecule has 0 spiro atoms. The first-order valence-electron chi connectivity index (χ1n) is 6.93. The van der Waals surface area contributed by atoms with E-state index in [4.69, 9.17) is 4.52 Å². The molecule has 2 rings (SSSR count). The Bertz CT molecular complexity index is 668. The largest absolute Gasteiger partial charge is 0.339 e. The van der Waals surface area contributed by atoms with Crippen molar-refractivity contribution in [3.63, 3.8) is 0 Å². The quantitative estimate of drug-likeness (QED) is 0.846. The van der Waals surface area contributed by atoms with Crippen molar-refractivity contribution in [2.75, 3.05) is 5.75 Å². The van der Waals surface area contributed by atoms with Crippen LogP contribution in [0.15, 0.2) is 34.9 Å². The van der Waals surface area contributed by atoms with E-state index < -0.39 is 16.1 Å². The van der Waals surface area contributed by atoms with Gasteiger partial charge in [0.05, 0.1) is 5.75 Å². The summed E-state index contributed by atoms with van der Waals surface area (Å²) in [6.07, 6.45) is 1.56. The molecular formula is C14H19N3O3S. The number of benzene rings is 1. The van der Waals surface area contributed by atoms with E-state index in [1.54, 1.807) is 6.92 Å². The maximum atomic E-state index is 11.9. The molecule has 0 saturated carbocycles. The standard InChI is InChI=1S/C14H19N3O3S/c1-3-8-12-15-14(16-20-12)13(17-21(18,19)4-2)11-9-6-5-7-10-11/h5-7,9-10,13,17H,3-4,8H2,1-2H3/t13-/m1/s1. The fraction of sp³-hybridized carbons (Fsp3) is 0.429. The van der Waals surface area contributed by atoms with Crippen LogP contribution in [0.3, 0.4) is 0 Å². The summed E-state index contributed by atoms with van der Waals surface area (Å²) in [5, 5.41) is 3.92. The van der Waals surface area contributed by atoms with Gasteiger partial charge in [0.25, 0.3) is 0 Å². The summed E-state index contributed by atoms with van der Waals surface area (Å²) >= 11 is 0. The molecule has 0 radical (unpaired) electrons. The molecule has 114 valence electrons. The Kier molecular flexibility index (Phi) is 5.08. The second-order valence-corrected chi connectivity index (χ2v) is 6.70. The van der Waals surface area contributed by atoms with Gasteiger partial charge in [0.15, 0.2) is 5.82 Å². The highest BCUT2D eigenvalue weighted by Gasteiger charge is 2.24. The van der Waals surface area contributed by atoms with Gasteiger partial charge < -0.3 is 4.52 Å². The van der Waals surface area contributed by atoms with E-state index in [0.29, 0.717) is 18.1 Å². The van der Waals surface area contributed by atoms with Gasteiger partial charge in [-0.2, -0.15) is 9.71 Å². The Balaban J connectivity index is 2.35. The van der Waals surface area contributed by atoms with Gasteiger partial charge in [-0.3, -0.25) is 0 Å². The number of aromatic nitrogens is 2. The van der Waals surface area contributed by atoms with E-state index in [1.807, 2.05) is 37.3 Å². The molecule has 7 heteroatoms. The average Bonchev–Trinajstić information content (AvgIpc) is 2.95. The second-order valence-electron chi connectivity index (χ2n) is 4.66. The second kappa shape index (κ2) is 6.82. The van der Waals surface area contributed by atoms with E-state index >= 15 is 0 Å². The number of aryl methyl sites for hydroxylation is 1. The zero-order chi connectivity index (χ0) is 15.3. The highest BCUT2D eigenvalue weighted by Crippen LogP contribution is 2.20. The zero-order valence-electron chi connectivity index (χ0n) is 12.1. The highest BCUT2D eigenvalue weighted by atomic mass is 32.2. The lowest BCUT2D eigenvalue weighted by Crippen LogP contribution is -2.31. The molecule has 1 aromatic carbocycles. The van der Waals surface area contributed by atoms with Crippen molar-refractivity contribution in [2.24, 2.45) is 0 Å². The molecule has 0 fully saturated rings. The molecule has 1 atom stereocenters. The third-order valence-corrected chi connectivity index (χ3v) is 4.37. The summed E-state index contributed by atoms with van der Waals surface area (Å²) in [5.74, 6) is 0.849. The fourth-order valence-corrected chi connectivity index (χ4v) is 2.65. The molecule has 1 aromatic heterocycles. The Morgan fingerprint density at radius 2 is 1.95 bits per heavy atom. The van der Waals surface area contributed by atoms with Crippen molar-refractivity contribution >= 4 is 10.0 Å². The average molecular weight is 309 g/mol. The molecule has 2 aromatic rings. The number of nitrogens with one attached hydrogen (secondary N) is 1. The third kappa shape index (κ3) is 4.12. The molecule has 0 aliphatic carbocycles. The maximum absolute atomic E-state index is 11.9. The lowest BCUT2D eigenvalue weighted by atomic mass is 10.1. The van der Waals surface area contributed by atoms with Gasteiger partial charge in [0.1, 0.15) is 6.04 Å². The van der Waals surface area contributed by atoms with Crippen LogP contribution in [-0.4, -0.2) is 24.3 Å². The van der Waals surface area contributed by atoms with Crippen LogP contribution in [0.5, 0.6) is 0 Å². The van der Waals surface area contributed by atoms with Gasteiger partial charge >= 0.3 is 0 Å². The van der Waals surface area contributed by atoms with E-state index in [-0.39, 0.29) is 5.75 Å². The van der Waals surface area contributed by atoms with Crippen LogP contribution in [0.25, 0.3) is 0 Å². The molecule has 1 N–H and O–H groups in total. The SMILES string of the molecule is CCCc1nc([C@H](NS(=O)(=O)CC)c2ccccc2)no1. The first-order chi connectivity index (χ1) is 10.1. The van der Waals surface area contributed by atoms with Crippen molar-refractivity contribution in [3.05, 3.63) is 47.6 Å². The Morgan fingerprint density at radius 3 is 2.57 bits per heavy atom. The summed E-state index contributed by atoms with van der Waals surface area (Å²) in [4.78, 5) is 4.29. The van der Waals surface area contributed by atoms with E-state index in [1.165, 1.54) is 0 Å². The predicted molar refractivity (Wildman–Crippen MR) is 79.2 cm³/mol. The molecule has 21 heavy (non-hydrogen) atoms. The number of sulfonamides is 1. The van der Waals surface area contributed by atoms with Crippen molar-refractivity contribution in [3.8, 4) is 0 Å². The van der Waals surface area contributed by atoms with Gasteiger partial charge in [-0.25, -0.2) is 8.42 Å². The summed E-state index contributed by atoms with van der Waals surface area (Å²) in [7, 11) is -3.39. The van der Waals surface area contributed by atoms with Gasteiger partial charge in [-0.15, -0.1) is 0 Å². The minimum absolute atomic E-state index is 0.00397. The summed E-state index contributed by atoms with van der Waals surface area (Å²) in [6, 6.07) is 8.58. The van der Waals surface area contributed by atoms with Gasteiger partial charge in [0.2, 0.25) is 15.9 Å². The molecule has 0 amide bonds. The maximum Gasteiger partial charge on any atom is 0.226 e. The van der Waals surface area contributed by atoms with Crippen LogP contribution in [0.1, 0.15) is 43.6 Å². The lowest BCUT2D eigenvalue weighted by molar-refractivity contribution is 0.369. The smallest absolute Gasteiger partial charge is 0.226 e. The lowest BCUT2D eigenvalue weighted by Gasteiger charge is -2.15. The minimum Gasteiger partial charge on any atom is -0.339 e. The fourth-order valence-electron chi connectivity index (χ4n) is 1.88. The van der Waals surface area contributed by atoms with Gasteiger partial charge in [-0.05, 0) is 18.9 Å². The first kappa shape index (κ1) is 15.7. The topological polar surface area (TPSA) is 85.1 Å². The number of hydrogen-bond donors (Lipinski definition) is 1. The first-order valence-corrected chi connectivity index (χ1v) is 8.58. The van der Waals surface area contributed by atoms with E-state index in [9.17, 15) is 8.42 Å². The van der Waals surface area contributed by atoms with E-state index in [2.05, 4.69) is 14.9 Å². The highest BCUT2D eigenvalue weighted by molar-refractivity contribution is 7.89. The molecule has 0 aliphatic rings. The van der Waals surface area contributed by atoms with Crippen LogP contribution in [0.4, 0.5) is 0 Å². The Morgan fingerprint density at radius 1 is 1.24 bits per heavy atom. The molecule has 6 nitrogen and oxygen atoms in total. The Hall–Kier alpha value is -1.73.